The standard InChI is InChI=1S/C11H18O2/c1-9-7-13-11(6-12)5-8(9)3-4-10(9,11)2/h8,12H,3-7H2,1-2H3. The van der Waals surface area contributed by atoms with Gasteiger partial charge in [-0.1, -0.05) is 13.8 Å². The van der Waals surface area contributed by atoms with E-state index in [2.05, 4.69) is 13.8 Å². The van der Waals surface area contributed by atoms with Crippen LogP contribution in [-0.4, -0.2) is 23.9 Å². The van der Waals surface area contributed by atoms with Gasteiger partial charge in [0.05, 0.1) is 18.8 Å². The van der Waals surface area contributed by atoms with E-state index in [1.54, 1.807) is 0 Å². The Morgan fingerprint density at radius 3 is 2.69 bits per heavy atom. The minimum Gasteiger partial charge on any atom is -0.393 e. The predicted molar refractivity (Wildman–Crippen MR) is 49.3 cm³/mol. The van der Waals surface area contributed by atoms with E-state index in [9.17, 15) is 5.11 Å². The van der Waals surface area contributed by atoms with E-state index in [1.807, 2.05) is 0 Å². The zero-order chi connectivity index (χ0) is 9.32. The number of aliphatic hydroxyl groups is 1. The Bertz CT molecular complexity index is 265. The third-order valence-corrected chi connectivity index (χ3v) is 5.64. The molecule has 1 N–H and O–H groups in total. The van der Waals surface area contributed by atoms with Crippen LogP contribution in [0.2, 0.25) is 0 Å². The molecule has 0 aromatic rings. The first kappa shape index (κ1) is 8.25. The maximum atomic E-state index is 9.52. The summed E-state index contributed by atoms with van der Waals surface area (Å²) in [6, 6.07) is 0. The van der Waals surface area contributed by atoms with Gasteiger partial charge in [0.1, 0.15) is 0 Å². The van der Waals surface area contributed by atoms with Gasteiger partial charge in [0.2, 0.25) is 0 Å². The van der Waals surface area contributed by atoms with Gasteiger partial charge >= 0.3 is 0 Å². The number of hydrogen-bond acceptors (Lipinski definition) is 2. The number of rotatable bonds is 1. The van der Waals surface area contributed by atoms with Crippen molar-refractivity contribution in [2.24, 2.45) is 16.7 Å². The molecule has 13 heavy (non-hydrogen) atoms. The summed E-state index contributed by atoms with van der Waals surface area (Å²) < 4.78 is 5.88. The molecule has 2 aliphatic carbocycles. The zero-order valence-electron chi connectivity index (χ0n) is 8.47. The maximum absolute atomic E-state index is 9.52. The van der Waals surface area contributed by atoms with Crippen LogP contribution in [0.1, 0.15) is 33.1 Å². The molecule has 74 valence electrons. The van der Waals surface area contributed by atoms with Crippen molar-refractivity contribution in [3.8, 4) is 0 Å². The molecule has 4 unspecified atom stereocenters. The highest BCUT2D eigenvalue weighted by Gasteiger charge is 2.75. The molecule has 3 aliphatic rings. The molecule has 1 aliphatic heterocycles. The lowest BCUT2D eigenvalue weighted by atomic mass is 9.66. The fourth-order valence-corrected chi connectivity index (χ4v) is 4.28. The first-order valence-electron chi connectivity index (χ1n) is 5.33. The predicted octanol–water partition coefficient (Wildman–Crippen LogP) is 1.57. The van der Waals surface area contributed by atoms with Gasteiger partial charge in [0, 0.05) is 10.8 Å². The molecule has 0 aromatic carbocycles. The lowest BCUT2D eigenvalue weighted by Gasteiger charge is -2.40. The Kier molecular flexibility index (Phi) is 1.24. The number of ether oxygens (including phenoxy) is 1. The molecule has 0 radical (unpaired) electrons. The summed E-state index contributed by atoms with van der Waals surface area (Å²) in [6.45, 7) is 5.77. The van der Waals surface area contributed by atoms with E-state index in [0.717, 1.165) is 18.9 Å². The fourth-order valence-electron chi connectivity index (χ4n) is 4.28. The van der Waals surface area contributed by atoms with Crippen LogP contribution in [0.4, 0.5) is 0 Å². The van der Waals surface area contributed by atoms with Crippen LogP contribution in [0.3, 0.4) is 0 Å². The van der Waals surface area contributed by atoms with Crippen LogP contribution in [0.15, 0.2) is 0 Å². The Morgan fingerprint density at radius 1 is 1.46 bits per heavy atom. The van der Waals surface area contributed by atoms with Crippen molar-refractivity contribution >= 4 is 0 Å². The van der Waals surface area contributed by atoms with Crippen LogP contribution >= 0.6 is 0 Å². The summed E-state index contributed by atoms with van der Waals surface area (Å²) >= 11 is 0. The molecule has 1 heterocycles. The minimum atomic E-state index is -0.176. The summed E-state index contributed by atoms with van der Waals surface area (Å²) in [4.78, 5) is 0. The van der Waals surface area contributed by atoms with E-state index >= 15 is 0 Å². The van der Waals surface area contributed by atoms with Crippen molar-refractivity contribution < 1.29 is 9.84 Å². The first-order valence-corrected chi connectivity index (χ1v) is 5.33. The normalized spacial score (nSPS) is 63.5. The van der Waals surface area contributed by atoms with Crippen molar-refractivity contribution in [2.45, 2.75) is 38.7 Å². The van der Waals surface area contributed by atoms with Crippen molar-refractivity contribution in [3.05, 3.63) is 0 Å². The molecule has 2 nitrogen and oxygen atoms in total. The monoisotopic (exact) mass is 182 g/mol. The van der Waals surface area contributed by atoms with Gasteiger partial charge in [-0.05, 0) is 25.2 Å². The second-order valence-electron chi connectivity index (χ2n) is 5.63. The van der Waals surface area contributed by atoms with E-state index in [4.69, 9.17) is 4.74 Å². The molecule has 0 aromatic heterocycles. The third kappa shape index (κ3) is 0.581. The molecule has 0 spiro atoms. The Labute approximate surface area is 79.3 Å². The van der Waals surface area contributed by atoms with Crippen LogP contribution in [0.25, 0.3) is 0 Å². The maximum Gasteiger partial charge on any atom is 0.0974 e. The Balaban J connectivity index is 2.14. The quantitative estimate of drug-likeness (QED) is 0.667. The van der Waals surface area contributed by atoms with Crippen LogP contribution in [0.5, 0.6) is 0 Å². The fraction of sp³-hybridized carbons (Fsp3) is 1.00. The van der Waals surface area contributed by atoms with Crippen LogP contribution in [-0.2, 0) is 4.74 Å². The highest BCUT2D eigenvalue weighted by atomic mass is 16.5. The summed E-state index contributed by atoms with van der Waals surface area (Å²) in [5.74, 6) is 0.804. The summed E-state index contributed by atoms with van der Waals surface area (Å²) in [6.07, 6.45) is 3.68. The SMILES string of the molecule is CC12COC3(CO)CC1CCC32C. The van der Waals surface area contributed by atoms with Crippen LogP contribution in [0, 0.1) is 16.7 Å². The summed E-state index contributed by atoms with van der Waals surface area (Å²) in [5.41, 5.74) is 0.430. The van der Waals surface area contributed by atoms with Crippen molar-refractivity contribution in [2.75, 3.05) is 13.2 Å². The lowest BCUT2D eigenvalue weighted by molar-refractivity contribution is -0.113. The van der Waals surface area contributed by atoms with Gasteiger partial charge < -0.3 is 9.84 Å². The molecule has 2 saturated carbocycles. The van der Waals surface area contributed by atoms with Gasteiger partial charge in [0.15, 0.2) is 0 Å². The van der Waals surface area contributed by atoms with Gasteiger partial charge in [-0.2, -0.15) is 0 Å². The molecule has 4 bridgehead atoms. The molecule has 1 saturated heterocycles. The number of hydrogen-bond donors (Lipinski definition) is 1. The van der Waals surface area contributed by atoms with E-state index < -0.39 is 0 Å². The Morgan fingerprint density at radius 2 is 2.23 bits per heavy atom. The molecule has 0 amide bonds. The molecular weight excluding hydrogens is 164 g/mol. The van der Waals surface area contributed by atoms with Gasteiger partial charge in [0.25, 0.3) is 0 Å². The van der Waals surface area contributed by atoms with Gasteiger partial charge in [-0.3, -0.25) is 0 Å². The largest absolute Gasteiger partial charge is 0.393 e. The number of aliphatic hydroxyl groups excluding tert-OH is 1. The van der Waals surface area contributed by atoms with Gasteiger partial charge in [-0.25, -0.2) is 0 Å². The highest BCUT2D eigenvalue weighted by Crippen LogP contribution is 2.74. The topological polar surface area (TPSA) is 29.5 Å². The average molecular weight is 182 g/mol. The highest BCUT2D eigenvalue weighted by molar-refractivity contribution is 5.23. The Hall–Kier alpha value is -0.0800. The van der Waals surface area contributed by atoms with E-state index in [1.165, 1.54) is 12.8 Å². The first-order chi connectivity index (χ1) is 6.08. The molecule has 3 fully saturated rings. The van der Waals surface area contributed by atoms with E-state index in [-0.39, 0.29) is 17.6 Å². The second kappa shape index (κ2) is 1.96. The van der Waals surface area contributed by atoms with E-state index in [0.29, 0.717) is 5.41 Å². The molecule has 3 rings (SSSR count). The summed E-state index contributed by atoms with van der Waals surface area (Å²) in [7, 11) is 0. The van der Waals surface area contributed by atoms with Crippen LogP contribution < -0.4 is 0 Å². The summed E-state index contributed by atoms with van der Waals surface area (Å²) in [5, 5.41) is 9.52. The zero-order valence-corrected chi connectivity index (χ0v) is 8.47. The van der Waals surface area contributed by atoms with Crippen molar-refractivity contribution in [3.63, 3.8) is 0 Å². The molecule has 2 heteroatoms. The van der Waals surface area contributed by atoms with Crippen molar-refractivity contribution in [1.82, 2.24) is 0 Å². The van der Waals surface area contributed by atoms with Crippen molar-refractivity contribution in [1.29, 1.82) is 0 Å². The third-order valence-electron chi connectivity index (χ3n) is 5.64. The molecule has 4 atom stereocenters. The smallest absolute Gasteiger partial charge is 0.0974 e. The second-order valence-corrected chi connectivity index (χ2v) is 5.63. The molecular formula is C11H18O2. The minimum absolute atomic E-state index is 0.176. The van der Waals surface area contributed by atoms with Gasteiger partial charge in [-0.15, -0.1) is 0 Å². The average Bonchev–Trinajstić information content (AvgIpc) is 2.58. The lowest BCUT2D eigenvalue weighted by Crippen LogP contribution is -2.46.